The molecule has 0 aliphatic heterocycles. The Morgan fingerprint density at radius 2 is 2.00 bits per heavy atom. The lowest BCUT2D eigenvalue weighted by Gasteiger charge is -2.04. The highest BCUT2D eigenvalue weighted by Crippen LogP contribution is 2.07. The number of hydrogen-bond acceptors (Lipinski definition) is 3. The summed E-state index contributed by atoms with van der Waals surface area (Å²) in [5.41, 5.74) is 0.443. The van der Waals surface area contributed by atoms with Crippen LogP contribution >= 0.6 is 0 Å². The smallest absolute Gasteiger partial charge is 0.330 e. The molecule has 1 rings (SSSR count). The van der Waals surface area contributed by atoms with Crippen LogP contribution in [-0.4, -0.2) is 18.5 Å². The van der Waals surface area contributed by atoms with Gasteiger partial charge in [-0.25, -0.2) is 9.18 Å². The van der Waals surface area contributed by atoms with Crippen LogP contribution in [0.5, 0.6) is 0 Å². The normalized spacial score (nSPS) is 10.2. The van der Waals surface area contributed by atoms with Crippen LogP contribution in [0.3, 0.4) is 0 Å². The molecule has 0 saturated heterocycles. The molecule has 90 valence electrons. The zero-order valence-corrected chi connectivity index (χ0v) is 9.27. The van der Waals surface area contributed by atoms with Crippen molar-refractivity contribution in [2.24, 2.45) is 0 Å². The molecule has 1 aromatic carbocycles. The number of nitrogens with one attached hydrogen (secondary N) is 1. The van der Waals surface area contributed by atoms with Crippen LogP contribution in [0.25, 0.3) is 0 Å². The van der Waals surface area contributed by atoms with Crippen molar-refractivity contribution in [3.05, 3.63) is 42.2 Å². The highest BCUT2D eigenvalue weighted by atomic mass is 19.1. The van der Waals surface area contributed by atoms with Crippen molar-refractivity contribution in [3.63, 3.8) is 0 Å². The third kappa shape index (κ3) is 4.92. The number of benzene rings is 1. The molecular weight excluding hydrogens is 225 g/mol. The van der Waals surface area contributed by atoms with Gasteiger partial charge in [0.1, 0.15) is 5.82 Å². The average molecular weight is 237 g/mol. The first kappa shape index (κ1) is 12.9. The molecule has 0 saturated carbocycles. The maximum Gasteiger partial charge on any atom is 0.330 e. The summed E-state index contributed by atoms with van der Waals surface area (Å²) in [4.78, 5) is 22.2. The van der Waals surface area contributed by atoms with Crippen molar-refractivity contribution < 1.29 is 18.7 Å². The molecule has 4 nitrogen and oxygen atoms in total. The predicted octanol–water partition coefficient (Wildman–Crippen LogP) is 1.88. The maximum absolute atomic E-state index is 12.6. The summed E-state index contributed by atoms with van der Waals surface area (Å²) in [7, 11) is 0. The summed E-state index contributed by atoms with van der Waals surface area (Å²) in [5.74, 6) is -1.45. The third-order valence-electron chi connectivity index (χ3n) is 1.78. The second-order valence-electron chi connectivity index (χ2n) is 3.16. The number of anilines is 1. The molecule has 1 N–H and O–H groups in total. The van der Waals surface area contributed by atoms with Gasteiger partial charge in [0, 0.05) is 11.8 Å². The minimum atomic E-state index is -0.582. The van der Waals surface area contributed by atoms with Crippen molar-refractivity contribution >= 4 is 17.6 Å². The summed E-state index contributed by atoms with van der Waals surface area (Å²) >= 11 is 0. The molecule has 0 unspecified atom stereocenters. The minimum absolute atomic E-state index is 0.374. The fourth-order valence-electron chi connectivity index (χ4n) is 1.05. The van der Waals surface area contributed by atoms with Crippen LogP contribution < -0.4 is 5.32 Å². The standard InChI is InChI=1S/C12H12FNO3/c1-2-3-12(16)17-8-11(15)14-10-6-4-9(13)5-7-10/h2-7H,8H2,1H3,(H,14,15)/b3-2+. The highest BCUT2D eigenvalue weighted by molar-refractivity contribution is 5.93. The Labute approximate surface area is 98.1 Å². The van der Waals surface area contributed by atoms with Crippen LogP contribution in [-0.2, 0) is 14.3 Å². The van der Waals surface area contributed by atoms with Gasteiger partial charge in [0.15, 0.2) is 6.61 Å². The van der Waals surface area contributed by atoms with E-state index in [1.165, 1.54) is 36.4 Å². The molecule has 0 aliphatic rings. The lowest BCUT2D eigenvalue weighted by molar-refractivity contribution is -0.142. The Kier molecular flexibility index (Phi) is 4.87. The zero-order valence-electron chi connectivity index (χ0n) is 9.27. The van der Waals surface area contributed by atoms with Crippen LogP contribution in [0, 0.1) is 5.82 Å². The molecular formula is C12H12FNO3. The second kappa shape index (κ2) is 6.42. The first-order chi connectivity index (χ1) is 8.11. The number of carbonyl (C=O) groups excluding carboxylic acids is 2. The molecule has 0 fully saturated rings. The third-order valence-corrected chi connectivity index (χ3v) is 1.78. The van der Waals surface area contributed by atoms with Crippen LogP contribution in [0.2, 0.25) is 0 Å². The van der Waals surface area contributed by atoms with Gasteiger partial charge < -0.3 is 10.1 Å². The molecule has 5 heteroatoms. The summed E-state index contributed by atoms with van der Waals surface area (Å²) in [6.07, 6.45) is 2.73. The van der Waals surface area contributed by atoms with Gasteiger partial charge in [-0.2, -0.15) is 0 Å². The number of amides is 1. The fraction of sp³-hybridized carbons (Fsp3) is 0.167. The predicted molar refractivity (Wildman–Crippen MR) is 60.8 cm³/mol. The zero-order chi connectivity index (χ0) is 12.7. The largest absolute Gasteiger partial charge is 0.452 e. The average Bonchev–Trinajstić information content (AvgIpc) is 2.30. The summed E-state index contributed by atoms with van der Waals surface area (Å²) < 4.78 is 17.2. The van der Waals surface area contributed by atoms with Gasteiger partial charge in [-0.1, -0.05) is 6.08 Å². The lowest BCUT2D eigenvalue weighted by atomic mass is 10.3. The number of rotatable bonds is 4. The quantitative estimate of drug-likeness (QED) is 0.642. The Bertz CT molecular complexity index is 426. The molecule has 0 spiro atoms. The highest BCUT2D eigenvalue weighted by Gasteiger charge is 2.05. The SMILES string of the molecule is C/C=C/C(=O)OCC(=O)Nc1ccc(F)cc1. The Morgan fingerprint density at radius 1 is 1.35 bits per heavy atom. The van der Waals surface area contributed by atoms with Crippen molar-refractivity contribution in [1.82, 2.24) is 0 Å². The van der Waals surface area contributed by atoms with Crippen molar-refractivity contribution in [1.29, 1.82) is 0 Å². The van der Waals surface area contributed by atoms with Gasteiger partial charge in [0.2, 0.25) is 0 Å². The molecule has 0 aromatic heterocycles. The molecule has 0 radical (unpaired) electrons. The maximum atomic E-state index is 12.6. The van der Waals surface area contributed by atoms with E-state index in [4.69, 9.17) is 0 Å². The summed E-state index contributed by atoms with van der Waals surface area (Å²) in [6.45, 7) is 1.29. The first-order valence-corrected chi connectivity index (χ1v) is 4.96. The van der Waals surface area contributed by atoms with E-state index in [1.54, 1.807) is 6.92 Å². The number of hydrogen-bond donors (Lipinski definition) is 1. The summed E-state index contributed by atoms with van der Waals surface area (Å²) in [5, 5.41) is 2.46. The van der Waals surface area contributed by atoms with E-state index in [2.05, 4.69) is 10.1 Å². The Hall–Kier alpha value is -2.17. The first-order valence-electron chi connectivity index (χ1n) is 4.96. The van der Waals surface area contributed by atoms with Crippen molar-refractivity contribution in [3.8, 4) is 0 Å². The number of carbonyl (C=O) groups is 2. The molecule has 17 heavy (non-hydrogen) atoms. The lowest BCUT2D eigenvalue weighted by Crippen LogP contribution is -2.20. The monoisotopic (exact) mass is 237 g/mol. The minimum Gasteiger partial charge on any atom is -0.452 e. The van der Waals surface area contributed by atoms with E-state index < -0.39 is 11.9 Å². The number of ether oxygens (including phenoxy) is 1. The number of halogens is 1. The van der Waals surface area contributed by atoms with Crippen LogP contribution in [0.4, 0.5) is 10.1 Å². The molecule has 0 bridgehead atoms. The van der Waals surface area contributed by atoms with E-state index in [9.17, 15) is 14.0 Å². The van der Waals surface area contributed by atoms with Gasteiger partial charge >= 0.3 is 5.97 Å². The van der Waals surface area contributed by atoms with Gasteiger partial charge in [-0.15, -0.1) is 0 Å². The van der Waals surface area contributed by atoms with Gasteiger partial charge in [-0.3, -0.25) is 4.79 Å². The van der Waals surface area contributed by atoms with E-state index in [1.807, 2.05) is 0 Å². The van der Waals surface area contributed by atoms with Gasteiger partial charge in [-0.05, 0) is 31.2 Å². The van der Waals surface area contributed by atoms with Crippen molar-refractivity contribution in [2.45, 2.75) is 6.92 Å². The van der Waals surface area contributed by atoms with E-state index in [0.717, 1.165) is 0 Å². The second-order valence-corrected chi connectivity index (χ2v) is 3.16. The van der Waals surface area contributed by atoms with E-state index >= 15 is 0 Å². The Balaban J connectivity index is 2.39. The topological polar surface area (TPSA) is 55.4 Å². The summed E-state index contributed by atoms with van der Waals surface area (Å²) in [6, 6.07) is 5.28. The van der Waals surface area contributed by atoms with Crippen LogP contribution in [0.15, 0.2) is 36.4 Å². The molecule has 1 amide bonds. The van der Waals surface area contributed by atoms with Crippen molar-refractivity contribution in [2.75, 3.05) is 11.9 Å². The number of esters is 1. The molecule has 0 atom stereocenters. The van der Waals surface area contributed by atoms with E-state index in [-0.39, 0.29) is 12.4 Å². The molecule has 0 aliphatic carbocycles. The van der Waals surface area contributed by atoms with Crippen LogP contribution in [0.1, 0.15) is 6.92 Å². The van der Waals surface area contributed by atoms with Gasteiger partial charge in [0.05, 0.1) is 0 Å². The Morgan fingerprint density at radius 3 is 2.59 bits per heavy atom. The number of allylic oxidation sites excluding steroid dienone is 1. The van der Waals surface area contributed by atoms with Gasteiger partial charge in [0.25, 0.3) is 5.91 Å². The fourth-order valence-corrected chi connectivity index (χ4v) is 1.05. The molecule has 1 aromatic rings. The van der Waals surface area contributed by atoms with E-state index in [0.29, 0.717) is 5.69 Å². The molecule has 0 heterocycles.